The van der Waals surface area contributed by atoms with Crippen molar-refractivity contribution in [3.05, 3.63) is 29.3 Å². The minimum absolute atomic E-state index is 0.0585. The molecule has 1 aromatic carbocycles. The fourth-order valence-electron chi connectivity index (χ4n) is 4.46. The molecule has 2 saturated heterocycles. The molecule has 2 heterocycles. The van der Waals surface area contributed by atoms with Crippen molar-refractivity contribution in [2.75, 3.05) is 13.7 Å². The van der Waals surface area contributed by atoms with Crippen LogP contribution in [-0.4, -0.2) is 37.9 Å². The van der Waals surface area contributed by atoms with Crippen molar-refractivity contribution in [2.24, 2.45) is 0 Å². The molecule has 130 valence electrons. The number of hydrogen-bond donors (Lipinski definition) is 2. The SMILES string of the molecule is COc1ccc2c(c1)CCC[C@H]2CNC(=O)N[C@@H]1C[C@H]2CC[C@H]1O2. The Labute approximate surface area is 143 Å². The Morgan fingerprint density at radius 1 is 1.33 bits per heavy atom. The van der Waals surface area contributed by atoms with Gasteiger partial charge in [-0.15, -0.1) is 0 Å². The molecule has 0 radical (unpaired) electrons. The first-order valence-electron chi connectivity index (χ1n) is 9.09. The summed E-state index contributed by atoms with van der Waals surface area (Å²) in [5.41, 5.74) is 2.71. The summed E-state index contributed by atoms with van der Waals surface area (Å²) in [5, 5.41) is 6.17. The van der Waals surface area contributed by atoms with E-state index in [4.69, 9.17) is 9.47 Å². The molecule has 2 N–H and O–H groups in total. The van der Waals surface area contributed by atoms with Crippen LogP contribution in [0.3, 0.4) is 0 Å². The van der Waals surface area contributed by atoms with Gasteiger partial charge in [0.1, 0.15) is 5.75 Å². The molecule has 3 aliphatic rings. The van der Waals surface area contributed by atoms with Crippen LogP contribution in [0.1, 0.15) is 49.1 Å². The van der Waals surface area contributed by atoms with Crippen LogP contribution in [0.5, 0.6) is 5.75 Å². The topological polar surface area (TPSA) is 59.6 Å². The van der Waals surface area contributed by atoms with Crippen molar-refractivity contribution in [2.45, 2.75) is 62.7 Å². The lowest BCUT2D eigenvalue weighted by Crippen LogP contribution is -2.47. The molecule has 2 fully saturated rings. The molecule has 5 heteroatoms. The summed E-state index contributed by atoms with van der Waals surface area (Å²) in [7, 11) is 1.70. The lowest BCUT2D eigenvalue weighted by Gasteiger charge is -2.27. The third kappa shape index (κ3) is 3.09. The zero-order valence-electron chi connectivity index (χ0n) is 14.2. The van der Waals surface area contributed by atoms with Gasteiger partial charge in [0, 0.05) is 12.5 Å². The minimum Gasteiger partial charge on any atom is -0.497 e. The number of carbonyl (C=O) groups is 1. The lowest BCUT2D eigenvalue weighted by molar-refractivity contribution is 0.0981. The van der Waals surface area contributed by atoms with E-state index in [0.717, 1.165) is 44.3 Å². The van der Waals surface area contributed by atoms with E-state index in [1.807, 2.05) is 6.07 Å². The van der Waals surface area contributed by atoms with Gasteiger partial charge in [-0.1, -0.05) is 6.07 Å². The predicted molar refractivity (Wildman–Crippen MR) is 91.5 cm³/mol. The third-order valence-corrected chi connectivity index (χ3v) is 5.72. The van der Waals surface area contributed by atoms with Crippen molar-refractivity contribution in [1.29, 1.82) is 0 Å². The van der Waals surface area contributed by atoms with Crippen LogP contribution >= 0.6 is 0 Å². The molecule has 1 aromatic rings. The number of carbonyl (C=O) groups excluding carboxylic acids is 1. The standard InChI is InChI=1S/C19H26N2O3/c1-23-14-5-7-16-12(9-14)3-2-4-13(16)11-20-19(22)21-17-10-15-6-8-18(17)24-15/h5,7,9,13,15,17-18H,2-4,6,8,10-11H2,1H3,(H2,20,21,22)/t13-,15+,17+,18+/m0/s1. The van der Waals surface area contributed by atoms with Crippen LogP contribution in [-0.2, 0) is 11.2 Å². The summed E-state index contributed by atoms with van der Waals surface area (Å²) in [4.78, 5) is 12.2. The number of benzene rings is 1. The van der Waals surface area contributed by atoms with Gasteiger partial charge in [0.2, 0.25) is 0 Å². The van der Waals surface area contributed by atoms with E-state index >= 15 is 0 Å². The normalized spacial score (nSPS) is 30.7. The monoisotopic (exact) mass is 330 g/mol. The highest BCUT2D eigenvalue weighted by Crippen LogP contribution is 2.35. The first-order chi connectivity index (χ1) is 11.7. The summed E-state index contributed by atoms with van der Waals surface area (Å²) in [6.45, 7) is 0.687. The fourth-order valence-corrected chi connectivity index (χ4v) is 4.46. The van der Waals surface area contributed by atoms with E-state index in [-0.39, 0.29) is 18.2 Å². The number of urea groups is 1. The van der Waals surface area contributed by atoms with Gasteiger partial charge in [-0.05, 0) is 61.8 Å². The van der Waals surface area contributed by atoms with E-state index in [1.54, 1.807) is 7.11 Å². The summed E-state index contributed by atoms with van der Waals surface area (Å²) >= 11 is 0. The largest absolute Gasteiger partial charge is 0.497 e. The molecule has 0 aromatic heterocycles. The van der Waals surface area contributed by atoms with Gasteiger partial charge in [-0.2, -0.15) is 0 Å². The maximum Gasteiger partial charge on any atom is 0.315 e. The fraction of sp³-hybridized carbons (Fsp3) is 0.632. The van der Waals surface area contributed by atoms with Crippen molar-refractivity contribution in [1.82, 2.24) is 10.6 Å². The van der Waals surface area contributed by atoms with E-state index in [0.29, 0.717) is 18.6 Å². The predicted octanol–water partition coefficient (Wildman–Crippen LogP) is 2.73. The van der Waals surface area contributed by atoms with Crippen molar-refractivity contribution in [3.63, 3.8) is 0 Å². The van der Waals surface area contributed by atoms with Gasteiger partial charge >= 0.3 is 6.03 Å². The van der Waals surface area contributed by atoms with Crippen LogP contribution < -0.4 is 15.4 Å². The van der Waals surface area contributed by atoms with E-state index in [2.05, 4.69) is 22.8 Å². The quantitative estimate of drug-likeness (QED) is 0.892. The smallest absolute Gasteiger partial charge is 0.315 e. The third-order valence-electron chi connectivity index (χ3n) is 5.72. The van der Waals surface area contributed by atoms with Crippen molar-refractivity contribution < 1.29 is 14.3 Å². The Kier molecular flexibility index (Phi) is 4.35. The van der Waals surface area contributed by atoms with Gasteiger partial charge in [0.15, 0.2) is 0 Å². The van der Waals surface area contributed by atoms with Crippen molar-refractivity contribution in [3.8, 4) is 5.75 Å². The number of hydrogen-bond acceptors (Lipinski definition) is 3. The Bertz CT molecular complexity index is 619. The summed E-state index contributed by atoms with van der Waals surface area (Å²) in [5.74, 6) is 1.30. The second-order valence-electron chi connectivity index (χ2n) is 7.22. The number of methoxy groups -OCH3 is 1. The van der Waals surface area contributed by atoms with Gasteiger partial charge in [-0.25, -0.2) is 4.79 Å². The van der Waals surface area contributed by atoms with Crippen LogP contribution in [0, 0.1) is 0 Å². The van der Waals surface area contributed by atoms with Crippen LogP contribution in [0.25, 0.3) is 0 Å². The molecule has 0 unspecified atom stereocenters. The molecule has 2 bridgehead atoms. The Hall–Kier alpha value is -1.75. The molecular formula is C19H26N2O3. The highest BCUT2D eigenvalue weighted by atomic mass is 16.5. The zero-order chi connectivity index (χ0) is 16.5. The summed E-state index contributed by atoms with van der Waals surface area (Å²) in [6, 6.07) is 6.43. The first-order valence-corrected chi connectivity index (χ1v) is 9.09. The zero-order valence-corrected chi connectivity index (χ0v) is 14.2. The van der Waals surface area contributed by atoms with Crippen LogP contribution in [0.2, 0.25) is 0 Å². The molecule has 24 heavy (non-hydrogen) atoms. The first kappa shape index (κ1) is 15.8. The van der Waals surface area contributed by atoms with E-state index < -0.39 is 0 Å². The van der Waals surface area contributed by atoms with Gasteiger partial charge in [0.25, 0.3) is 0 Å². The minimum atomic E-state index is -0.0585. The maximum atomic E-state index is 12.2. The van der Waals surface area contributed by atoms with Crippen LogP contribution in [0.15, 0.2) is 18.2 Å². The van der Waals surface area contributed by atoms with Gasteiger partial charge < -0.3 is 20.1 Å². The number of rotatable bonds is 4. The number of aryl methyl sites for hydroxylation is 1. The molecule has 4 atom stereocenters. The van der Waals surface area contributed by atoms with E-state index in [1.165, 1.54) is 11.1 Å². The molecule has 0 spiro atoms. The molecule has 5 nitrogen and oxygen atoms in total. The molecule has 1 aliphatic carbocycles. The lowest BCUT2D eigenvalue weighted by atomic mass is 9.82. The Morgan fingerprint density at radius 2 is 2.25 bits per heavy atom. The van der Waals surface area contributed by atoms with Crippen molar-refractivity contribution >= 4 is 6.03 Å². The molecule has 2 aliphatic heterocycles. The van der Waals surface area contributed by atoms with Crippen LogP contribution in [0.4, 0.5) is 4.79 Å². The Balaban J connectivity index is 1.32. The molecular weight excluding hydrogens is 304 g/mol. The summed E-state index contributed by atoms with van der Waals surface area (Å²) in [6.07, 6.45) is 7.15. The van der Waals surface area contributed by atoms with E-state index in [9.17, 15) is 4.79 Å². The highest BCUT2D eigenvalue weighted by Gasteiger charge is 2.41. The highest BCUT2D eigenvalue weighted by molar-refractivity contribution is 5.74. The molecule has 2 amide bonds. The Morgan fingerprint density at radius 3 is 3.00 bits per heavy atom. The maximum absolute atomic E-state index is 12.2. The second-order valence-corrected chi connectivity index (χ2v) is 7.22. The molecule has 0 saturated carbocycles. The molecule has 4 rings (SSSR count). The number of amides is 2. The summed E-state index contributed by atoms with van der Waals surface area (Å²) < 4.78 is 11.1. The second kappa shape index (κ2) is 6.63. The average molecular weight is 330 g/mol. The number of ether oxygens (including phenoxy) is 2. The number of fused-ring (bicyclic) bond motifs is 3. The van der Waals surface area contributed by atoms with Gasteiger partial charge in [-0.3, -0.25) is 0 Å². The average Bonchev–Trinajstić information content (AvgIpc) is 3.22. The van der Waals surface area contributed by atoms with Gasteiger partial charge in [0.05, 0.1) is 25.4 Å². The number of nitrogens with one attached hydrogen (secondary N) is 2.